The molecule has 2 N–H and O–H groups in total. The van der Waals surface area contributed by atoms with E-state index in [2.05, 4.69) is 0 Å². The van der Waals surface area contributed by atoms with Gasteiger partial charge < -0.3 is 10.5 Å². The number of carbonyl (C=O) groups excluding carboxylic acids is 1. The summed E-state index contributed by atoms with van der Waals surface area (Å²) >= 11 is 5.82. The predicted molar refractivity (Wildman–Crippen MR) is 60.6 cm³/mol. The van der Waals surface area contributed by atoms with Crippen molar-refractivity contribution in [1.82, 2.24) is 0 Å². The van der Waals surface area contributed by atoms with Crippen molar-refractivity contribution in [3.8, 4) is 5.75 Å². The SMILES string of the molecule is CCC(N)C(=O)c1cc(Cl)ccc1OC. The lowest BCUT2D eigenvalue weighted by molar-refractivity contribution is 0.0956. The van der Waals surface area contributed by atoms with Gasteiger partial charge in [0.25, 0.3) is 0 Å². The summed E-state index contributed by atoms with van der Waals surface area (Å²) < 4.78 is 5.08. The Balaban J connectivity index is 3.11. The smallest absolute Gasteiger partial charge is 0.183 e. The normalized spacial score (nSPS) is 12.3. The molecule has 3 nitrogen and oxygen atoms in total. The lowest BCUT2D eigenvalue weighted by atomic mass is 10.0. The van der Waals surface area contributed by atoms with Crippen molar-refractivity contribution in [2.24, 2.45) is 5.73 Å². The van der Waals surface area contributed by atoms with Crippen LogP contribution >= 0.6 is 11.6 Å². The molecule has 0 aliphatic heterocycles. The molecule has 1 atom stereocenters. The number of halogens is 1. The van der Waals surface area contributed by atoms with Crippen LogP contribution in [0, 0.1) is 0 Å². The van der Waals surface area contributed by atoms with Gasteiger partial charge in [0.1, 0.15) is 5.75 Å². The number of hydrogen-bond acceptors (Lipinski definition) is 3. The average Bonchev–Trinajstić information content (AvgIpc) is 2.27. The third-order valence-electron chi connectivity index (χ3n) is 2.20. The van der Waals surface area contributed by atoms with Crippen molar-refractivity contribution in [2.45, 2.75) is 19.4 Å². The average molecular weight is 228 g/mol. The highest BCUT2D eigenvalue weighted by Crippen LogP contribution is 2.23. The predicted octanol–water partition coefficient (Wildman–Crippen LogP) is 2.27. The number of ketones is 1. The Kier molecular flexibility index (Phi) is 4.12. The van der Waals surface area contributed by atoms with E-state index in [1.54, 1.807) is 18.2 Å². The van der Waals surface area contributed by atoms with Gasteiger partial charge in [0.15, 0.2) is 5.78 Å². The Bertz CT molecular complexity index is 366. The molecule has 0 amide bonds. The molecule has 0 saturated heterocycles. The van der Waals surface area contributed by atoms with Crippen LogP contribution in [0.1, 0.15) is 23.7 Å². The Morgan fingerprint density at radius 3 is 2.80 bits per heavy atom. The molecule has 0 saturated carbocycles. The lowest BCUT2D eigenvalue weighted by Crippen LogP contribution is -2.29. The highest BCUT2D eigenvalue weighted by atomic mass is 35.5. The van der Waals surface area contributed by atoms with Gasteiger partial charge in [0.2, 0.25) is 0 Å². The number of methoxy groups -OCH3 is 1. The maximum absolute atomic E-state index is 11.8. The minimum Gasteiger partial charge on any atom is -0.496 e. The van der Waals surface area contributed by atoms with Gasteiger partial charge in [-0.15, -0.1) is 0 Å². The van der Waals surface area contributed by atoms with E-state index in [-0.39, 0.29) is 5.78 Å². The Labute approximate surface area is 94.2 Å². The third kappa shape index (κ3) is 2.70. The van der Waals surface area contributed by atoms with Crippen LogP contribution in [0.2, 0.25) is 5.02 Å². The van der Waals surface area contributed by atoms with E-state index in [9.17, 15) is 4.79 Å². The van der Waals surface area contributed by atoms with Crippen LogP contribution in [0.4, 0.5) is 0 Å². The molecule has 0 aliphatic rings. The molecule has 0 spiro atoms. The van der Waals surface area contributed by atoms with Gasteiger partial charge >= 0.3 is 0 Å². The summed E-state index contributed by atoms with van der Waals surface area (Å²) in [6.07, 6.45) is 0.592. The standard InChI is InChI=1S/C11H14ClNO2/c1-3-9(13)11(14)8-6-7(12)4-5-10(8)15-2/h4-6,9H,3,13H2,1-2H3. The summed E-state index contributed by atoms with van der Waals surface area (Å²) in [5.74, 6) is 0.366. The quantitative estimate of drug-likeness (QED) is 0.803. The van der Waals surface area contributed by atoms with Gasteiger partial charge in [-0.25, -0.2) is 0 Å². The van der Waals surface area contributed by atoms with Crippen LogP contribution in [0.3, 0.4) is 0 Å². The zero-order valence-electron chi connectivity index (χ0n) is 8.79. The molecular formula is C11H14ClNO2. The summed E-state index contributed by atoms with van der Waals surface area (Å²) in [5, 5.41) is 0.502. The molecule has 1 unspecified atom stereocenters. The first-order valence-corrected chi connectivity index (χ1v) is 5.11. The maximum atomic E-state index is 11.8. The largest absolute Gasteiger partial charge is 0.496 e. The van der Waals surface area contributed by atoms with Crippen LogP contribution < -0.4 is 10.5 Å². The molecule has 1 aromatic rings. The fraction of sp³-hybridized carbons (Fsp3) is 0.364. The molecule has 82 valence electrons. The highest BCUT2D eigenvalue weighted by Gasteiger charge is 2.18. The van der Waals surface area contributed by atoms with E-state index < -0.39 is 6.04 Å². The number of carbonyl (C=O) groups is 1. The molecule has 4 heteroatoms. The van der Waals surface area contributed by atoms with Crippen molar-refractivity contribution in [3.05, 3.63) is 28.8 Å². The first-order chi connectivity index (χ1) is 7.10. The number of benzene rings is 1. The van der Waals surface area contributed by atoms with Gasteiger partial charge in [0.05, 0.1) is 18.7 Å². The van der Waals surface area contributed by atoms with Crippen LogP contribution in [0.15, 0.2) is 18.2 Å². The van der Waals surface area contributed by atoms with Crippen molar-refractivity contribution in [2.75, 3.05) is 7.11 Å². The van der Waals surface area contributed by atoms with Gasteiger partial charge in [0, 0.05) is 5.02 Å². The van der Waals surface area contributed by atoms with E-state index in [0.29, 0.717) is 22.8 Å². The first kappa shape index (κ1) is 12.0. The van der Waals surface area contributed by atoms with Gasteiger partial charge in [-0.1, -0.05) is 18.5 Å². The number of nitrogens with two attached hydrogens (primary N) is 1. The van der Waals surface area contributed by atoms with Gasteiger partial charge in [-0.2, -0.15) is 0 Å². The fourth-order valence-electron chi connectivity index (χ4n) is 1.26. The molecule has 1 rings (SSSR count). The topological polar surface area (TPSA) is 52.3 Å². The van der Waals surface area contributed by atoms with E-state index in [1.807, 2.05) is 6.92 Å². The molecule has 1 aromatic carbocycles. The van der Waals surface area contributed by atoms with Crippen LogP contribution in [-0.4, -0.2) is 18.9 Å². The maximum Gasteiger partial charge on any atom is 0.183 e. The molecule has 15 heavy (non-hydrogen) atoms. The molecule has 0 aromatic heterocycles. The molecule has 0 heterocycles. The summed E-state index contributed by atoms with van der Waals surface area (Å²) in [6.45, 7) is 1.86. The minimum atomic E-state index is -0.502. The number of rotatable bonds is 4. The number of ether oxygens (including phenoxy) is 1. The second-order valence-corrected chi connectivity index (χ2v) is 3.66. The van der Waals surface area contributed by atoms with Gasteiger partial charge in [-0.3, -0.25) is 4.79 Å². The molecule has 0 fully saturated rings. The van der Waals surface area contributed by atoms with Crippen LogP contribution in [0.5, 0.6) is 5.75 Å². The Morgan fingerprint density at radius 2 is 2.27 bits per heavy atom. The van der Waals surface area contributed by atoms with Crippen molar-refractivity contribution < 1.29 is 9.53 Å². The van der Waals surface area contributed by atoms with Crippen LogP contribution in [-0.2, 0) is 0 Å². The van der Waals surface area contributed by atoms with Crippen LogP contribution in [0.25, 0.3) is 0 Å². The summed E-state index contributed by atoms with van der Waals surface area (Å²) in [7, 11) is 1.51. The summed E-state index contributed by atoms with van der Waals surface area (Å²) in [5.41, 5.74) is 6.12. The zero-order valence-corrected chi connectivity index (χ0v) is 9.54. The van der Waals surface area contributed by atoms with Crippen molar-refractivity contribution in [1.29, 1.82) is 0 Å². The number of Topliss-reactive ketones (excluding diaryl/α,β-unsaturated/α-hetero) is 1. The summed E-state index contributed by atoms with van der Waals surface area (Å²) in [4.78, 5) is 11.8. The Hall–Kier alpha value is -1.06. The van der Waals surface area contributed by atoms with Crippen molar-refractivity contribution in [3.63, 3.8) is 0 Å². The third-order valence-corrected chi connectivity index (χ3v) is 2.44. The molecule has 0 aliphatic carbocycles. The van der Waals surface area contributed by atoms with Crippen molar-refractivity contribution >= 4 is 17.4 Å². The van der Waals surface area contributed by atoms with Gasteiger partial charge in [-0.05, 0) is 24.6 Å². The fourth-order valence-corrected chi connectivity index (χ4v) is 1.43. The molecule has 0 bridgehead atoms. The van der Waals surface area contributed by atoms with E-state index in [1.165, 1.54) is 7.11 Å². The van der Waals surface area contributed by atoms with E-state index in [4.69, 9.17) is 22.1 Å². The second-order valence-electron chi connectivity index (χ2n) is 3.22. The first-order valence-electron chi connectivity index (χ1n) is 4.73. The number of hydrogen-bond donors (Lipinski definition) is 1. The summed E-state index contributed by atoms with van der Waals surface area (Å²) in [6, 6.07) is 4.42. The highest BCUT2D eigenvalue weighted by molar-refractivity contribution is 6.31. The van der Waals surface area contributed by atoms with E-state index >= 15 is 0 Å². The monoisotopic (exact) mass is 227 g/mol. The second kappa shape index (κ2) is 5.14. The lowest BCUT2D eigenvalue weighted by Gasteiger charge is -2.11. The minimum absolute atomic E-state index is 0.142. The Morgan fingerprint density at radius 1 is 1.60 bits per heavy atom. The zero-order chi connectivity index (χ0) is 11.4. The molecular weight excluding hydrogens is 214 g/mol. The van der Waals surface area contributed by atoms with E-state index in [0.717, 1.165) is 0 Å². The molecule has 0 radical (unpaired) electrons.